The maximum absolute atomic E-state index is 10.0. The molecule has 0 radical (unpaired) electrons. The number of phenols is 2. The molecular formula is C22H24N2O2. The molecule has 0 atom stereocenters. The van der Waals surface area contributed by atoms with Gasteiger partial charge in [0.15, 0.2) is 0 Å². The van der Waals surface area contributed by atoms with Gasteiger partial charge in [0.25, 0.3) is 0 Å². The van der Waals surface area contributed by atoms with E-state index in [0.29, 0.717) is 11.5 Å². The Kier molecular flexibility index (Phi) is 4.68. The third-order valence-electron chi connectivity index (χ3n) is 4.73. The minimum atomic E-state index is 0.323. The van der Waals surface area contributed by atoms with Crippen LogP contribution in [0.3, 0.4) is 0 Å². The molecule has 0 aliphatic rings. The highest BCUT2D eigenvalue weighted by molar-refractivity contribution is 5.69. The van der Waals surface area contributed by atoms with Crippen molar-refractivity contribution >= 4 is 0 Å². The Bertz CT molecular complexity index is 947. The second-order valence-corrected chi connectivity index (χ2v) is 6.82. The van der Waals surface area contributed by atoms with Crippen molar-refractivity contribution < 1.29 is 10.2 Å². The van der Waals surface area contributed by atoms with Gasteiger partial charge in [0.05, 0.1) is 23.3 Å². The fourth-order valence-corrected chi connectivity index (χ4v) is 3.25. The largest absolute Gasteiger partial charge is 0.507 e. The van der Waals surface area contributed by atoms with Gasteiger partial charge in [-0.2, -0.15) is 0 Å². The maximum atomic E-state index is 10.0. The second-order valence-electron chi connectivity index (χ2n) is 6.82. The second kappa shape index (κ2) is 6.79. The van der Waals surface area contributed by atoms with Crippen LogP contribution >= 0.6 is 0 Å². The number of nitrogens with zero attached hydrogens (tertiary/aromatic N) is 2. The number of aryl methyl sites for hydroxylation is 5. The first-order valence-corrected chi connectivity index (χ1v) is 8.78. The minimum Gasteiger partial charge on any atom is -0.507 e. The standard InChI is InChI=1S/C22H24N2O2/c1-6-18-20(17-9-14(4)22(26)15(5)10-17)23-11-19(24-18)16-7-12(2)21(25)13(3)8-16/h7-11,25-26H,6H2,1-5H3. The lowest BCUT2D eigenvalue weighted by Gasteiger charge is -2.13. The average Bonchev–Trinajstić information content (AvgIpc) is 2.62. The molecular weight excluding hydrogens is 324 g/mol. The Hall–Kier alpha value is -2.88. The van der Waals surface area contributed by atoms with Crippen molar-refractivity contribution in [1.29, 1.82) is 0 Å². The Balaban J connectivity index is 2.12. The van der Waals surface area contributed by atoms with Gasteiger partial charge in [-0.1, -0.05) is 6.92 Å². The molecule has 0 aliphatic carbocycles. The number of phenolic OH excluding ortho intramolecular Hbond substituents is 2. The topological polar surface area (TPSA) is 66.2 Å². The molecule has 134 valence electrons. The van der Waals surface area contributed by atoms with Crippen molar-refractivity contribution in [3.05, 3.63) is 58.4 Å². The molecule has 1 aromatic heterocycles. The SMILES string of the molecule is CCc1nc(-c2cc(C)c(O)c(C)c2)cnc1-c1cc(C)c(O)c(C)c1. The van der Waals surface area contributed by atoms with E-state index >= 15 is 0 Å². The molecule has 3 aromatic rings. The van der Waals surface area contributed by atoms with E-state index in [4.69, 9.17) is 4.98 Å². The van der Waals surface area contributed by atoms with Gasteiger partial charge in [-0.15, -0.1) is 0 Å². The molecule has 2 aromatic carbocycles. The van der Waals surface area contributed by atoms with Crippen LogP contribution in [0.15, 0.2) is 30.5 Å². The quantitative estimate of drug-likeness (QED) is 0.697. The van der Waals surface area contributed by atoms with Crippen molar-refractivity contribution in [1.82, 2.24) is 9.97 Å². The van der Waals surface area contributed by atoms with Crippen LogP contribution < -0.4 is 0 Å². The lowest BCUT2D eigenvalue weighted by molar-refractivity contribution is 0.466. The predicted octanol–water partition coefficient (Wildman–Crippen LogP) is 5.02. The summed E-state index contributed by atoms with van der Waals surface area (Å²) in [6, 6.07) is 7.75. The molecule has 3 rings (SSSR count). The molecule has 0 amide bonds. The summed E-state index contributed by atoms with van der Waals surface area (Å²) in [6.07, 6.45) is 2.53. The molecule has 0 aliphatic heterocycles. The normalized spacial score (nSPS) is 11.0. The first-order chi connectivity index (χ1) is 12.3. The average molecular weight is 348 g/mol. The summed E-state index contributed by atoms with van der Waals surface area (Å²) >= 11 is 0. The first-order valence-electron chi connectivity index (χ1n) is 8.78. The van der Waals surface area contributed by atoms with Gasteiger partial charge >= 0.3 is 0 Å². The molecule has 4 heteroatoms. The van der Waals surface area contributed by atoms with Crippen LogP contribution in [0.2, 0.25) is 0 Å². The first kappa shape index (κ1) is 17.9. The summed E-state index contributed by atoms with van der Waals surface area (Å²) < 4.78 is 0. The lowest BCUT2D eigenvalue weighted by atomic mass is 10.0. The summed E-state index contributed by atoms with van der Waals surface area (Å²) in [5, 5.41) is 20.0. The highest BCUT2D eigenvalue weighted by atomic mass is 16.3. The number of benzene rings is 2. The van der Waals surface area contributed by atoms with Gasteiger partial charge in [0.2, 0.25) is 0 Å². The van der Waals surface area contributed by atoms with Gasteiger partial charge in [-0.3, -0.25) is 4.98 Å². The highest BCUT2D eigenvalue weighted by Gasteiger charge is 2.14. The molecule has 0 saturated heterocycles. The highest BCUT2D eigenvalue weighted by Crippen LogP contribution is 2.32. The molecule has 0 saturated carbocycles. The number of hydrogen-bond donors (Lipinski definition) is 2. The molecule has 1 heterocycles. The van der Waals surface area contributed by atoms with E-state index in [1.807, 2.05) is 52.0 Å². The molecule has 26 heavy (non-hydrogen) atoms. The summed E-state index contributed by atoms with van der Waals surface area (Å²) in [5.41, 5.74) is 7.78. The van der Waals surface area contributed by atoms with Gasteiger partial charge in [-0.05, 0) is 80.6 Å². The molecule has 0 fully saturated rings. The fraction of sp³-hybridized carbons (Fsp3) is 0.273. The van der Waals surface area contributed by atoms with Crippen LogP contribution in [-0.2, 0) is 6.42 Å². The number of aromatic nitrogens is 2. The van der Waals surface area contributed by atoms with Crippen molar-refractivity contribution in [3.8, 4) is 34.0 Å². The fourth-order valence-electron chi connectivity index (χ4n) is 3.25. The smallest absolute Gasteiger partial charge is 0.121 e. The lowest BCUT2D eigenvalue weighted by Crippen LogP contribution is -1.99. The molecule has 4 nitrogen and oxygen atoms in total. The zero-order chi connectivity index (χ0) is 19.0. The monoisotopic (exact) mass is 348 g/mol. The summed E-state index contributed by atoms with van der Waals surface area (Å²) in [4.78, 5) is 9.51. The Morgan fingerprint density at radius 3 is 1.69 bits per heavy atom. The van der Waals surface area contributed by atoms with Crippen LogP contribution in [0.25, 0.3) is 22.5 Å². The third kappa shape index (κ3) is 3.15. The van der Waals surface area contributed by atoms with E-state index in [1.165, 1.54) is 0 Å². The van der Waals surface area contributed by atoms with E-state index in [1.54, 1.807) is 6.20 Å². The Labute approximate surface area is 154 Å². The van der Waals surface area contributed by atoms with Crippen molar-refractivity contribution in [3.63, 3.8) is 0 Å². The van der Waals surface area contributed by atoms with Crippen LogP contribution in [-0.4, -0.2) is 20.2 Å². The van der Waals surface area contributed by atoms with Crippen molar-refractivity contribution in [2.75, 3.05) is 0 Å². The van der Waals surface area contributed by atoms with Crippen LogP contribution in [0.1, 0.15) is 34.9 Å². The zero-order valence-corrected chi connectivity index (χ0v) is 15.9. The van der Waals surface area contributed by atoms with Crippen molar-refractivity contribution in [2.45, 2.75) is 41.0 Å². The predicted molar refractivity (Wildman–Crippen MR) is 105 cm³/mol. The van der Waals surface area contributed by atoms with E-state index < -0.39 is 0 Å². The van der Waals surface area contributed by atoms with Crippen molar-refractivity contribution in [2.24, 2.45) is 0 Å². The van der Waals surface area contributed by atoms with E-state index in [9.17, 15) is 10.2 Å². The third-order valence-corrected chi connectivity index (χ3v) is 4.73. The molecule has 0 unspecified atom stereocenters. The van der Waals surface area contributed by atoms with Gasteiger partial charge < -0.3 is 10.2 Å². The molecule has 0 bridgehead atoms. The van der Waals surface area contributed by atoms with Crippen LogP contribution in [0.5, 0.6) is 11.5 Å². The van der Waals surface area contributed by atoms with E-state index in [0.717, 1.165) is 56.9 Å². The minimum absolute atomic E-state index is 0.323. The summed E-state index contributed by atoms with van der Waals surface area (Å²) in [7, 11) is 0. The maximum Gasteiger partial charge on any atom is 0.121 e. The van der Waals surface area contributed by atoms with Gasteiger partial charge in [0, 0.05) is 11.1 Å². The summed E-state index contributed by atoms with van der Waals surface area (Å²) in [5.74, 6) is 0.649. The number of rotatable bonds is 3. The van der Waals surface area contributed by atoms with Crippen LogP contribution in [0.4, 0.5) is 0 Å². The molecule has 0 spiro atoms. The molecule has 2 N–H and O–H groups in total. The van der Waals surface area contributed by atoms with E-state index in [2.05, 4.69) is 11.9 Å². The summed E-state index contributed by atoms with van der Waals surface area (Å²) in [6.45, 7) is 9.61. The van der Waals surface area contributed by atoms with Gasteiger partial charge in [0.1, 0.15) is 11.5 Å². The Morgan fingerprint density at radius 2 is 1.23 bits per heavy atom. The number of aromatic hydroxyl groups is 2. The van der Waals surface area contributed by atoms with Gasteiger partial charge in [-0.25, -0.2) is 4.98 Å². The zero-order valence-electron chi connectivity index (χ0n) is 15.9. The Morgan fingerprint density at radius 1 is 0.769 bits per heavy atom. The number of hydrogen-bond acceptors (Lipinski definition) is 4. The van der Waals surface area contributed by atoms with Crippen LogP contribution in [0, 0.1) is 27.7 Å². The van der Waals surface area contributed by atoms with E-state index in [-0.39, 0.29) is 0 Å².